The number of ether oxygens (including phenoxy) is 1. The van der Waals surface area contributed by atoms with E-state index in [0.29, 0.717) is 29.3 Å². The van der Waals surface area contributed by atoms with Crippen molar-refractivity contribution in [3.63, 3.8) is 0 Å². The maximum absolute atomic E-state index is 11.6. The predicted molar refractivity (Wildman–Crippen MR) is 125 cm³/mol. The Labute approximate surface area is 191 Å². The number of phenols is 1. The quantitative estimate of drug-likeness (QED) is 0.552. The van der Waals surface area contributed by atoms with E-state index in [0.717, 1.165) is 17.0 Å². The molecule has 3 aromatic rings. The zero-order valence-electron chi connectivity index (χ0n) is 17.3. The summed E-state index contributed by atoms with van der Waals surface area (Å²) in [7, 11) is -3.80. The van der Waals surface area contributed by atoms with Crippen LogP contribution in [0.3, 0.4) is 0 Å². The molecule has 4 rings (SSSR count). The van der Waals surface area contributed by atoms with Gasteiger partial charge in [0.05, 0.1) is 28.9 Å². The van der Waals surface area contributed by atoms with Gasteiger partial charge in [-0.15, -0.1) is 0 Å². The minimum atomic E-state index is -3.80. The Kier molecular flexibility index (Phi) is 6.10. The van der Waals surface area contributed by atoms with Gasteiger partial charge in [0.25, 0.3) is 0 Å². The van der Waals surface area contributed by atoms with Gasteiger partial charge in [0.2, 0.25) is 10.0 Å². The molecule has 0 fully saturated rings. The first-order valence-corrected chi connectivity index (χ1v) is 11.9. The highest BCUT2D eigenvalue weighted by Gasteiger charge is 2.32. The zero-order chi connectivity index (χ0) is 22.9. The van der Waals surface area contributed by atoms with Crippen LogP contribution in [0.4, 0.5) is 5.69 Å². The molecule has 0 saturated heterocycles. The van der Waals surface area contributed by atoms with E-state index in [9.17, 15) is 13.5 Å². The molecule has 3 aromatic carbocycles. The predicted octanol–water partition coefficient (Wildman–Crippen LogP) is 4.45. The topological polar surface area (TPSA) is 105 Å². The van der Waals surface area contributed by atoms with Crippen LogP contribution >= 0.6 is 11.6 Å². The van der Waals surface area contributed by atoms with Crippen LogP contribution in [0.15, 0.2) is 76.7 Å². The molecule has 0 aliphatic carbocycles. The van der Waals surface area contributed by atoms with Gasteiger partial charge in [-0.2, -0.15) is 5.10 Å². The van der Waals surface area contributed by atoms with Crippen molar-refractivity contribution in [3.05, 3.63) is 82.9 Å². The summed E-state index contributed by atoms with van der Waals surface area (Å²) in [5, 5.41) is 22.8. The van der Waals surface area contributed by atoms with Gasteiger partial charge in [-0.05, 0) is 73.2 Å². The molecule has 32 heavy (non-hydrogen) atoms. The van der Waals surface area contributed by atoms with Gasteiger partial charge < -0.3 is 9.84 Å². The van der Waals surface area contributed by atoms with E-state index in [1.165, 1.54) is 18.2 Å². The monoisotopic (exact) mass is 471 g/mol. The highest BCUT2D eigenvalue weighted by Crippen LogP contribution is 2.41. The molecule has 1 heterocycles. The van der Waals surface area contributed by atoms with Gasteiger partial charge in [-0.25, -0.2) is 13.6 Å². The number of halogens is 1. The summed E-state index contributed by atoms with van der Waals surface area (Å²) in [5.74, 6) is 0.842. The average Bonchev–Trinajstić information content (AvgIpc) is 3.19. The van der Waals surface area contributed by atoms with Gasteiger partial charge in [0.15, 0.2) is 0 Å². The maximum Gasteiger partial charge on any atom is 0.238 e. The van der Waals surface area contributed by atoms with Crippen molar-refractivity contribution in [1.29, 1.82) is 0 Å². The van der Waals surface area contributed by atoms with E-state index < -0.39 is 10.0 Å². The highest BCUT2D eigenvalue weighted by atomic mass is 35.5. The summed E-state index contributed by atoms with van der Waals surface area (Å²) in [6.07, 6.45) is 0.528. The molecule has 1 atom stereocenters. The SMILES string of the molecule is CCOc1ccc(C2=NN(c3ccc(S(N)(=O)=O)cc3)C(c3ccc(Cl)cc3O)C2)cc1. The lowest BCUT2D eigenvalue weighted by atomic mass is 9.97. The molecular formula is C23H22ClN3O4S. The van der Waals surface area contributed by atoms with Crippen LogP contribution < -0.4 is 14.9 Å². The van der Waals surface area contributed by atoms with E-state index in [4.69, 9.17) is 26.6 Å². The number of aromatic hydroxyl groups is 1. The molecular weight excluding hydrogens is 450 g/mol. The van der Waals surface area contributed by atoms with Crippen LogP contribution in [0.5, 0.6) is 11.5 Å². The summed E-state index contributed by atoms with van der Waals surface area (Å²) in [6, 6.07) is 18.5. The Morgan fingerprint density at radius 3 is 2.41 bits per heavy atom. The largest absolute Gasteiger partial charge is 0.508 e. The number of hydrogen-bond acceptors (Lipinski definition) is 6. The lowest BCUT2D eigenvalue weighted by molar-refractivity contribution is 0.340. The van der Waals surface area contributed by atoms with Crippen LogP contribution in [0.2, 0.25) is 5.02 Å². The Balaban J connectivity index is 1.74. The molecule has 1 aliphatic rings. The second-order valence-electron chi connectivity index (χ2n) is 7.31. The van der Waals surface area contributed by atoms with Crippen molar-refractivity contribution in [2.24, 2.45) is 10.2 Å². The van der Waals surface area contributed by atoms with E-state index in [2.05, 4.69) is 0 Å². The van der Waals surface area contributed by atoms with Crippen molar-refractivity contribution in [1.82, 2.24) is 0 Å². The summed E-state index contributed by atoms with van der Waals surface area (Å²) >= 11 is 6.02. The fourth-order valence-electron chi connectivity index (χ4n) is 3.66. The van der Waals surface area contributed by atoms with Crippen molar-refractivity contribution in [2.45, 2.75) is 24.3 Å². The first kappa shape index (κ1) is 22.1. The highest BCUT2D eigenvalue weighted by molar-refractivity contribution is 7.89. The maximum atomic E-state index is 11.6. The van der Waals surface area contributed by atoms with Gasteiger partial charge >= 0.3 is 0 Å². The summed E-state index contributed by atoms with van der Waals surface area (Å²) in [4.78, 5) is 0.0158. The lowest BCUT2D eigenvalue weighted by Gasteiger charge is -2.24. The molecule has 0 radical (unpaired) electrons. The molecule has 0 bridgehead atoms. The zero-order valence-corrected chi connectivity index (χ0v) is 18.8. The van der Waals surface area contributed by atoms with Crippen molar-refractivity contribution < 1.29 is 18.3 Å². The Morgan fingerprint density at radius 2 is 1.81 bits per heavy atom. The number of hydrazone groups is 1. The van der Waals surface area contributed by atoms with Gasteiger partial charge in [0.1, 0.15) is 11.5 Å². The molecule has 0 saturated carbocycles. The summed E-state index contributed by atoms with van der Waals surface area (Å²) in [6.45, 7) is 2.51. The van der Waals surface area contributed by atoms with Crippen molar-refractivity contribution >= 4 is 33.0 Å². The number of rotatable bonds is 6. The number of hydrogen-bond donors (Lipinski definition) is 2. The number of primary sulfonamides is 1. The molecule has 0 aromatic heterocycles. The Hall–Kier alpha value is -3.07. The average molecular weight is 472 g/mol. The lowest BCUT2D eigenvalue weighted by Crippen LogP contribution is -2.19. The summed E-state index contributed by atoms with van der Waals surface area (Å²) < 4.78 is 28.8. The van der Waals surface area contributed by atoms with Crippen molar-refractivity contribution in [3.8, 4) is 11.5 Å². The standard InChI is InChI=1S/C23H22ClN3O4S/c1-2-31-18-8-3-15(4-9-18)21-14-22(20-12-5-16(24)13-23(20)28)27(26-21)17-6-10-19(11-7-17)32(25,29)30/h3-13,22,28H,2,14H2,1H3,(H2,25,29,30). The molecule has 7 nitrogen and oxygen atoms in total. The van der Waals surface area contributed by atoms with Crippen LogP contribution in [-0.2, 0) is 10.0 Å². The molecule has 0 spiro atoms. The molecule has 3 N–H and O–H groups in total. The van der Waals surface area contributed by atoms with Crippen LogP contribution in [0.1, 0.15) is 30.5 Å². The third-order valence-electron chi connectivity index (χ3n) is 5.19. The fraction of sp³-hybridized carbons (Fsp3) is 0.174. The van der Waals surface area contributed by atoms with Gasteiger partial charge in [-0.3, -0.25) is 5.01 Å². The van der Waals surface area contributed by atoms with Crippen LogP contribution in [0.25, 0.3) is 0 Å². The second kappa shape index (κ2) is 8.82. The van der Waals surface area contributed by atoms with Crippen molar-refractivity contribution in [2.75, 3.05) is 11.6 Å². The molecule has 1 aliphatic heterocycles. The molecule has 166 valence electrons. The van der Waals surface area contributed by atoms with E-state index in [-0.39, 0.29) is 16.7 Å². The Morgan fingerprint density at radius 1 is 1.12 bits per heavy atom. The van der Waals surface area contributed by atoms with Gasteiger partial charge in [0, 0.05) is 17.0 Å². The third kappa shape index (κ3) is 4.57. The number of phenolic OH excluding ortho intramolecular Hbond substituents is 1. The Bertz CT molecular complexity index is 1260. The first-order valence-electron chi connectivity index (χ1n) is 9.97. The van der Waals surface area contributed by atoms with Gasteiger partial charge in [-0.1, -0.05) is 17.7 Å². The second-order valence-corrected chi connectivity index (χ2v) is 9.31. The number of anilines is 1. The van der Waals surface area contributed by atoms with E-state index >= 15 is 0 Å². The fourth-order valence-corrected chi connectivity index (χ4v) is 4.34. The molecule has 0 amide bonds. The minimum absolute atomic E-state index is 0.0158. The normalized spacial score (nSPS) is 16.2. The number of benzene rings is 3. The minimum Gasteiger partial charge on any atom is -0.508 e. The van der Waals surface area contributed by atoms with E-state index in [1.807, 2.05) is 31.2 Å². The first-order chi connectivity index (χ1) is 15.3. The number of sulfonamides is 1. The molecule has 1 unspecified atom stereocenters. The van der Waals surface area contributed by atoms with Crippen LogP contribution in [-0.4, -0.2) is 25.8 Å². The number of nitrogens with two attached hydrogens (primary N) is 1. The molecule has 9 heteroatoms. The number of nitrogens with zero attached hydrogens (tertiary/aromatic N) is 2. The van der Waals surface area contributed by atoms with E-state index in [1.54, 1.807) is 29.3 Å². The smallest absolute Gasteiger partial charge is 0.238 e. The third-order valence-corrected chi connectivity index (χ3v) is 6.35. The van der Waals surface area contributed by atoms with Crippen LogP contribution in [0, 0.1) is 0 Å². The summed E-state index contributed by atoms with van der Waals surface area (Å²) in [5.41, 5.74) is 3.07.